The Kier molecular flexibility index (Phi) is 4.04. The molecule has 0 aliphatic carbocycles. The molecule has 1 amide bonds. The van der Waals surface area contributed by atoms with E-state index in [1.807, 2.05) is 6.92 Å². The third kappa shape index (κ3) is 2.87. The Balaban J connectivity index is 2.27. The van der Waals surface area contributed by atoms with Crippen LogP contribution in [0.5, 0.6) is 0 Å². The van der Waals surface area contributed by atoms with Crippen molar-refractivity contribution in [1.82, 2.24) is 0 Å². The van der Waals surface area contributed by atoms with Crippen LogP contribution in [-0.2, 0) is 6.42 Å². The van der Waals surface area contributed by atoms with Gasteiger partial charge in [0.2, 0.25) is 0 Å². The summed E-state index contributed by atoms with van der Waals surface area (Å²) < 4.78 is 18.8. The first-order valence-electron chi connectivity index (χ1n) is 5.86. The Morgan fingerprint density at radius 3 is 2.89 bits per heavy atom. The van der Waals surface area contributed by atoms with E-state index in [2.05, 4.69) is 21.2 Å². The van der Waals surface area contributed by atoms with Gasteiger partial charge in [0.1, 0.15) is 11.6 Å². The summed E-state index contributed by atoms with van der Waals surface area (Å²) in [5, 5.41) is 2.76. The minimum atomic E-state index is -0.354. The maximum atomic E-state index is 13.3. The average Bonchev–Trinajstić information content (AvgIpc) is 2.84. The number of nitrogens with one attached hydrogen (secondary N) is 1. The van der Waals surface area contributed by atoms with Crippen LogP contribution in [0.2, 0.25) is 0 Å². The molecule has 2 aromatic rings. The van der Waals surface area contributed by atoms with Crippen LogP contribution in [0.25, 0.3) is 0 Å². The second-order valence-corrected chi connectivity index (χ2v) is 5.00. The first-order valence-corrected chi connectivity index (χ1v) is 6.65. The molecule has 0 saturated heterocycles. The van der Waals surface area contributed by atoms with E-state index in [-0.39, 0.29) is 11.7 Å². The van der Waals surface area contributed by atoms with Crippen molar-refractivity contribution in [1.29, 1.82) is 0 Å². The fourth-order valence-electron chi connectivity index (χ4n) is 1.79. The predicted molar refractivity (Wildman–Crippen MR) is 74.9 cm³/mol. The van der Waals surface area contributed by atoms with E-state index in [0.29, 0.717) is 33.5 Å². The van der Waals surface area contributed by atoms with E-state index in [1.165, 1.54) is 12.3 Å². The zero-order valence-corrected chi connectivity index (χ0v) is 12.2. The molecular formula is C14H13BrFNO2. The van der Waals surface area contributed by atoms with Gasteiger partial charge in [-0.2, -0.15) is 0 Å². The third-order valence-electron chi connectivity index (χ3n) is 2.83. The highest BCUT2D eigenvalue weighted by atomic mass is 79.9. The van der Waals surface area contributed by atoms with Crippen LogP contribution >= 0.6 is 15.9 Å². The molecule has 1 N–H and O–H groups in total. The zero-order valence-electron chi connectivity index (χ0n) is 10.6. The molecule has 3 nitrogen and oxygen atoms in total. The summed E-state index contributed by atoms with van der Waals surface area (Å²) in [5.41, 5.74) is 1.74. The van der Waals surface area contributed by atoms with Gasteiger partial charge >= 0.3 is 0 Å². The molecular weight excluding hydrogens is 313 g/mol. The van der Waals surface area contributed by atoms with Gasteiger partial charge in [-0.05, 0) is 46.6 Å². The van der Waals surface area contributed by atoms with Gasteiger partial charge in [-0.3, -0.25) is 4.79 Å². The Hall–Kier alpha value is -1.62. The van der Waals surface area contributed by atoms with Gasteiger partial charge in [-0.15, -0.1) is 0 Å². The van der Waals surface area contributed by atoms with Crippen molar-refractivity contribution >= 4 is 27.5 Å². The van der Waals surface area contributed by atoms with Crippen LogP contribution in [0, 0.1) is 12.7 Å². The molecule has 0 saturated carbocycles. The fraction of sp³-hybridized carbons (Fsp3) is 0.214. The third-order valence-corrected chi connectivity index (χ3v) is 3.43. The number of benzene rings is 1. The van der Waals surface area contributed by atoms with Crippen LogP contribution in [0.15, 0.2) is 33.4 Å². The topological polar surface area (TPSA) is 42.2 Å². The largest absolute Gasteiger partial charge is 0.469 e. The second kappa shape index (κ2) is 5.57. The predicted octanol–water partition coefficient (Wildman–Crippen LogP) is 4.30. The van der Waals surface area contributed by atoms with Crippen LogP contribution in [0.4, 0.5) is 10.1 Å². The van der Waals surface area contributed by atoms with Crippen molar-refractivity contribution in [2.75, 3.05) is 5.32 Å². The smallest absolute Gasteiger partial charge is 0.259 e. The molecule has 0 spiro atoms. The summed E-state index contributed by atoms with van der Waals surface area (Å²) >= 11 is 3.10. The average molecular weight is 326 g/mol. The lowest BCUT2D eigenvalue weighted by molar-refractivity contribution is 0.102. The standard InChI is InChI=1S/C14H13BrFNO2/c1-3-13-9(4-5-19-13)14(18)17-12-7-10(15)11(16)6-8(12)2/h4-7H,3H2,1-2H3,(H,17,18). The van der Waals surface area contributed by atoms with Gasteiger partial charge in [-0.25, -0.2) is 4.39 Å². The van der Waals surface area contributed by atoms with E-state index in [1.54, 1.807) is 19.1 Å². The summed E-state index contributed by atoms with van der Waals surface area (Å²) in [6, 6.07) is 4.55. The Morgan fingerprint density at radius 1 is 1.47 bits per heavy atom. The van der Waals surface area contributed by atoms with Crippen LogP contribution in [0.3, 0.4) is 0 Å². The maximum absolute atomic E-state index is 13.3. The molecule has 0 bridgehead atoms. The molecule has 0 fully saturated rings. The van der Waals surface area contributed by atoms with E-state index < -0.39 is 0 Å². The van der Waals surface area contributed by atoms with Crippen molar-refractivity contribution in [3.05, 3.63) is 51.6 Å². The van der Waals surface area contributed by atoms with E-state index in [9.17, 15) is 9.18 Å². The second-order valence-electron chi connectivity index (χ2n) is 4.15. The van der Waals surface area contributed by atoms with Gasteiger partial charge < -0.3 is 9.73 Å². The number of anilines is 1. The normalized spacial score (nSPS) is 10.5. The number of carbonyl (C=O) groups excluding carboxylic acids is 1. The highest BCUT2D eigenvalue weighted by Crippen LogP contribution is 2.25. The Bertz CT molecular complexity index is 622. The van der Waals surface area contributed by atoms with Crippen molar-refractivity contribution in [2.24, 2.45) is 0 Å². The van der Waals surface area contributed by atoms with Gasteiger partial charge in [0.05, 0.1) is 16.3 Å². The monoisotopic (exact) mass is 325 g/mol. The lowest BCUT2D eigenvalue weighted by Crippen LogP contribution is -2.13. The summed E-state index contributed by atoms with van der Waals surface area (Å²) in [6.07, 6.45) is 2.13. The lowest BCUT2D eigenvalue weighted by atomic mass is 10.1. The van der Waals surface area contributed by atoms with Gasteiger partial charge in [-0.1, -0.05) is 6.92 Å². The lowest BCUT2D eigenvalue weighted by Gasteiger charge is -2.09. The van der Waals surface area contributed by atoms with E-state index >= 15 is 0 Å². The van der Waals surface area contributed by atoms with E-state index in [0.717, 1.165) is 0 Å². The SMILES string of the molecule is CCc1occc1C(=O)Nc1cc(Br)c(F)cc1C. The summed E-state index contributed by atoms with van der Waals surface area (Å²) in [5.74, 6) is 0.0246. The number of carbonyl (C=O) groups is 1. The van der Waals surface area contributed by atoms with Crippen LogP contribution in [-0.4, -0.2) is 5.91 Å². The number of furan rings is 1. The number of rotatable bonds is 3. The van der Waals surface area contributed by atoms with Crippen LogP contribution < -0.4 is 5.32 Å². The van der Waals surface area contributed by atoms with Crippen molar-refractivity contribution in [2.45, 2.75) is 20.3 Å². The van der Waals surface area contributed by atoms with E-state index in [4.69, 9.17) is 4.42 Å². The molecule has 0 radical (unpaired) electrons. The Morgan fingerprint density at radius 2 is 2.21 bits per heavy atom. The minimum Gasteiger partial charge on any atom is -0.469 e. The molecule has 1 aromatic carbocycles. The maximum Gasteiger partial charge on any atom is 0.259 e. The van der Waals surface area contributed by atoms with Gasteiger partial charge in [0, 0.05) is 12.1 Å². The number of aryl methyl sites for hydroxylation is 2. The summed E-state index contributed by atoms with van der Waals surface area (Å²) in [7, 11) is 0. The number of hydrogen-bond donors (Lipinski definition) is 1. The first-order chi connectivity index (χ1) is 9.02. The summed E-state index contributed by atoms with van der Waals surface area (Å²) in [4.78, 5) is 12.1. The highest BCUT2D eigenvalue weighted by Gasteiger charge is 2.15. The molecule has 0 aliphatic rings. The molecule has 2 rings (SSSR count). The Labute approximate surface area is 118 Å². The molecule has 5 heteroatoms. The van der Waals surface area contributed by atoms with Crippen LogP contribution in [0.1, 0.15) is 28.6 Å². The molecule has 0 unspecified atom stereocenters. The first kappa shape index (κ1) is 13.8. The molecule has 0 aliphatic heterocycles. The molecule has 100 valence electrons. The van der Waals surface area contributed by atoms with Gasteiger partial charge in [0.25, 0.3) is 5.91 Å². The van der Waals surface area contributed by atoms with Crippen molar-refractivity contribution < 1.29 is 13.6 Å². The molecule has 19 heavy (non-hydrogen) atoms. The quantitative estimate of drug-likeness (QED) is 0.913. The van der Waals surface area contributed by atoms with Gasteiger partial charge in [0.15, 0.2) is 0 Å². The highest BCUT2D eigenvalue weighted by molar-refractivity contribution is 9.10. The number of halogens is 2. The summed E-state index contributed by atoms with van der Waals surface area (Å²) in [6.45, 7) is 3.65. The number of amides is 1. The minimum absolute atomic E-state index is 0.257. The molecule has 0 atom stereocenters. The van der Waals surface area contributed by atoms with Crippen molar-refractivity contribution in [3.8, 4) is 0 Å². The molecule has 1 aromatic heterocycles. The molecule has 1 heterocycles. The van der Waals surface area contributed by atoms with Crippen molar-refractivity contribution in [3.63, 3.8) is 0 Å². The zero-order chi connectivity index (χ0) is 14.0. The number of hydrogen-bond acceptors (Lipinski definition) is 2. The fourth-order valence-corrected chi connectivity index (χ4v) is 2.13.